The molecule has 0 aliphatic heterocycles. The molecule has 1 rings (SSSR count). The lowest BCUT2D eigenvalue weighted by Crippen LogP contribution is -1.98. The largest absolute Gasteiger partial charge is 0.383 e. The summed E-state index contributed by atoms with van der Waals surface area (Å²) < 4.78 is 0.936. The van der Waals surface area contributed by atoms with E-state index >= 15 is 0 Å². The van der Waals surface area contributed by atoms with Gasteiger partial charge in [0.2, 0.25) is 0 Å². The van der Waals surface area contributed by atoms with Crippen LogP contribution in [0.15, 0.2) is 40.9 Å². The zero-order valence-corrected chi connectivity index (χ0v) is 8.45. The monoisotopic (exact) mass is 237 g/mol. The minimum Gasteiger partial charge on any atom is -0.383 e. The Hall–Kier alpha value is -1.11. The standard InChI is InChI=1S/C10H8BrNO/c1-7(6-12)10(13)8-2-4-9(11)5-3-8/h2-5,10,13H,1H2/t10-/m0/s1. The van der Waals surface area contributed by atoms with Crippen LogP contribution in [0.5, 0.6) is 0 Å². The van der Waals surface area contributed by atoms with Crippen molar-refractivity contribution in [3.05, 3.63) is 46.5 Å². The van der Waals surface area contributed by atoms with E-state index < -0.39 is 6.10 Å². The van der Waals surface area contributed by atoms with Gasteiger partial charge in [0.15, 0.2) is 0 Å². The van der Waals surface area contributed by atoms with Crippen LogP contribution >= 0.6 is 15.9 Å². The molecular formula is C10H8BrNO. The molecule has 1 atom stereocenters. The molecule has 0 spiro atoms. The molecule has 0 heterocycles. The molecule has 0 saturated heterocycles. The molecule has 0 radical (unpaired) electrons. The smallest absolute Gasteiger partial charge is 0.113 e. The predicted octanol–water partition coefficient (Wildman–Crippen LogP) is 2.56. The molecule has 13 heavy (non-hydrogen) atoms. The molecule has 3 heteroatoms. The van der Waals surface area contributed by atoms with Gasteiger partial charge in [0, 0.05) is 4.47 Å². The SMILES string of the molecule is C=C(C#N)[C@H](O)c1ccc(Br)cc1. The summed E-state index contributed by atoms with van der Waals surface area (Å²) in [6.07, 6.45) is -0.891. The first-order valence-corrected chi connectivity index (χ1v) is 4.47. The van der Waals surface area contributed by atoms with Crippen LogP contribution in [0.4, 0.5) is 0 Å². The molecule has 1 aromatic carbocycles. The Morgan fingerprint density at radius 3 is 2.46 bits per heavy atom. The van der Waals surface area contributed by atoms with Gasteiger partial charge in [-0.3, -0.25) is 0 Å². The highest BCUT2D eigenvalue weighted by Crippen LogP contribution is 2.21. The first-order valence-electron chi connectivity index (χ1n) is 3.67. The average molecular weight is 238 g/mol. The number of aliphatic hydroxyl groups is 1. The third-order valence-electron chi connectivity index (χ3n) is 1.66. The molecule has 0 fully saturated rings. The fourth-order valence-corrected chi connectivity index (χ4v) is 1.17. The van der Waals surface area contributed by atoms with Gasteiger partial charge in [-0.15, -0.1) is 0 Å². The van der Waals surface area contributed by atoms with E-state index in [0.717, 1.165) is 4.47 Å². The first-order chi connectivity index (χ1) is 6.15. The van der Waals surface area contributed by atoms with Crippen molar-refractivity contribution < 1.29 is 5.11 Å². The Kier molecular flexibility index (Phi) is 3.24. The molecule has 0 amide bonds. The third-order valence-corrected chi connectivity index (χ3v) is 2.19. The number of nitrogens with zero attached hydrogens (tertiary/aromatic N) is 1. The maximum atomic E-state index is 9.54. The summed E-state index contributed by atoms with van der Waals surface area (Å²) in [5.41, 5.74) is 0.831. The maximum Gasteiger partial charge on any atom is 0.113 e. The number of nitriles is 1. The Balaban J connectivity index is 2.91. The fourth-order valence-electron chi connectivity index (χ4n) is 0.907. The number of halogens is 1. The van der Waals surface area contributed by atoms with Crippen LogP contribution in [0.1, 0.15) is 11.7 Å². The van der Waals surface area contributed by atoms with Crippen molar-refractivity contribution in [2.45, 2.75) is 6.10 Å². The van der Waals surface area contributed by atoms with E-state index in [2.05, 4.69) is 22.5 Å². The highest BCUT2D eigenvalue weighted by molar-refractivity contribution is 9.10. The van der Waals surface area contributed by atoms with E-state index in [9.17, 15) is 5.11 Å². The van der Waals surface area contributed by atoms with Gasteiger partial charge in [0.25, 0.3) is 0 Å². The lowest BCUT2D eigenvalue weighted by molar-refractivity contribution is 0.221. The van der Waals surface area contributed by atoms with E-state index in [1.807, 2.05) is 18.2 Å². The zero-order valence-electron chi connectivity index (χ0n) is 6.87. The molecule has 0 aliphatic carbocycles. The van der Waals surface area contributed by atoms with Gasteiger partial charge in [-0.05, 0) is 17.7 Å². The van der Waals surface area contributed by atoms with E-state index in [1.165, 1.54) is 0 Å². The van der Waals surface area contributed by atoms with Crippen molar-refractivity contribution in [2.24, 2.45) is 0 Å². The van der Waals surface area contributed by atoms with Gasteiger partial charge in [-0.2, -0.15) is 5.26 Å². The summed E-state index contributed by atoms with van der Waals surface area (Å²) >= 11 is 3.28. The molecule has 2 nitrogen and oxygen atoms in total. The van der Waals surface area contributed by atoms with E-state index in [1.54, 1.807) is 12.1 Å². The molecule has 66 valence electrons. The number of hydrogen-bond donors (Lipinski definition) is 1. The van der Waals surface area contributed by atoms with Gasteiger partial charge >= 0.3 is 0 Å². The Morgan fingerprint density at radius 1 is 1.46 bits per heavy atom. The normalized spacial score (nSPS) is 11.8. The minimum absolute atomic E-state index is 0.155. The van der Waals surface area contributed by atoms with Gasteiger partial charge in [0.05, 0.1) is 11.6 Å². The van der Waals surface area contributed by atoms with Crippen molar-refractivity contribution in [2.75, 3.05) is 0 Å². The molecule has 0 aromatic heterocycles. The van der Waals surface area contributed by atoms with Crippen molar-refractivity contribution in [1.29, 1.82) is 5.26 Å². The number of rotatable bonds is 2. The van der Waals surface area contributed by atoms with E-state index in [0.29, 0.717) is 5.56 Å². The summed E-state index contributed by atoms with van der Waals surface area (Å²) in [5.74, 6) is 0. The highest BCUT2D eigenvalue weighted by atomic mass is 79.9. The molecular weight excluding hydrogens is 230 g/mol. The van der Waals surface area contributed by atoms with Crippen LogP contribution in [0, 0.1) is 11.3 Å². The van der Waals surface area contributed by atoms with Crippen LogP contribution in [0.25, 0.3) is 0 Å². The Bertz CT molecular complexity index is 350. The molecule has 0 bridgehead atoms. The quantitative estimate of drug-likeness (QED) is 0.804. The first kappa shape index (κ1) is 9.97. The average Bonchev–Trinajstić information content (AvgIpc) is 2.17. The second-order valence-corrected chi connectivity index (χ2v) is 3.51. The van der Waals surface area contributed by atoms with Gasteiger partial charge in [-0.1, -0.05) is 34.6 Å². The minimum atomic E-state index is -0.891. The Morgan fingerprint density at radius 2 is 2.00 bits per heavy atom. The summed E-state index contributed by atoms with van der Waals surface area (Å²) in [5, 5.41) is 18.0. The second-order valence-electron chi connectivity index (χ2n) is 2.59. The van der Waals surface area contributed by atoms with Crippen molar-refractivity contribution >= 4 is 15.9 Å². The molecule has 1 aromatic rings. The summed E-state index contributed by atoms with van der Waals surface area (Å²) in [6.45, 7) is 3.45. The Labute approximate surface area is 85.3 Å². The number of benzene rings is 1. The number of hydrogen-bond acceptors (Lipinski definition) is 2. The second kappa shape index (κ2) is 4.22. The van der Waals surface area contributed by atoms with E-state index in [-0.39, 0.29) is 5.57 Å². The van der Waals surface area contributed by atoms with Gasteiger partial charge < -0.3 is 5.11 Å². The van der Waals surface area contributed by atoms with E-state index in [4.69, 9.17) is 5.26 Å². The third kappa shape index (κ3) is 2.41. The predicted molar refractivity (Wildman–Crippen MR) is 53.9 cm³/mol. The topological polar surface area (TPSA) is 44.0 Å². The van der Waals surface area contributed by atoms with Crippen LogP contribution in [-0.2, 0) is 0 Å². The highest BCUT2D eigenvalue weighted by Gasteiger charge is 2.09. The summed E-state index contributed by atoms with van der Waals surface area (Å²) in [7, 11) is 0. The van der Waals surface area contributed by atoms with Crippen molar-refractivity contribution in [3.8, 4) is 6.07 Å². The van der Waals surface area contributed by atoms with Crippen molar-refractivity contribution in [3.63, 3.8) is 0 Å². The van der Waals surface area contributed by atoms with Gasteiger partial charge in [0.1, 0.15) is 6.10 Å². The van der Waals surface area contributed by atoms with Crippen molar-refractivity contribution in [1.82, 2.24) is 0 Å². The number of aliphatic hydroxyl groups excluding tert-OH is 1. The molecule has 0 unspecified atom stereocenters. The maximum absolute atomic E-state index is 9.54. The summed E-state index contributed by atoms with van der Waals surface area (Å²) in [6, 6.07) is 8.93. The summed E-state index contributed by atoms with van der Waals surface area (Å²) in [4.78, 5) is 0. The fraction of sp³-hybridized carbons (Fsp3) is 0.100. The molecule has 0 saturated carbocycles. The van der Waals surface area contributed by atoms with Crippen LogP contribution < -0.4 is 0 Å². The van der Waals surface area contributed by atoms with Crippen LogP contribution in [0.2, 0.25) is 0 Å². The van der Waals surface area contributed by atoms with Crippen LogP contribution in [0.3, 0.4) is 0 Å². The lowest BCUT2D eigenvalue weighted by Gasteiger charge is -2.07. The molecule has 0 aliphatic rings. The van der Waals surface area contributed by atoms with Crippen LogP contribution in [-0.4, -0.2) is 5.11 Å². The zero-order chi connectivity index (χ0) is 9.84. The van der Waals surface area contributed by atoms with Gasteiger partial charge in [-0.25, -0.2) is 0 Å². The molecule has 1 N–H and O–H groups in total. The lowest BCUT2D eigenvalue weighted by atomic mass is 10.0.